The van der Waals surface area contributed by atoms with Crippen molar-refractivity contribution in [2.24, 2.45) is 0 Å². The van der Waals surface area contributed by atoms with E-state index < -0.39 is 12.1 Å². The van der Waals surface area contributed by atoms with Crippen molar-refractivity contribution in [3.8, 4) is 5.75 Å². The van der Waals surface area contributed by atoms with E-state index in [2.05, 4.69) is 5.32 Å². The van der Waals surface area contributed by atoms with Gasteiger partial charge in [-0.25, -0.2) is 0 Å². The molecule has 0 bridgehead atoms. The Hall–Kier alpha value is -2.08. The molecular formula is C15H21NO5. The van der Waals surface area contributed by atoms with E-state index in [1.54, 1.807) is 38.3 Å². The number of benzene rings is 1. The zero-order chi connectivity index (χ0) is 15.7. The van der Waals surface area contributed by atoms with Gasteiger partial charge in [0.2, 0.25) is 0 Å². The summed E-state index contributed by atoms with van der Waals surface area (Å²) in [7, 11) is 1.61. The quantitative estimate of drug-likeness (QED) is 0.669. The van der Waals surface area contributed by atoms with Gasteiger partial charge in [-0.15, -0.1) is 0 Å². The van der Waals surface area contributed by atoms with E-state index in [0.29, 0.717) is 24.5 Å². The second-order valence-corrected chi connectivity index (χ2v) is 4.62. The maximum atomic E-state index is 11.8. The molecule has 0 aliphatic heterocycles. The minimum absolute atomic E-state index is 0.0746. The Morgan fingerprint density at radius 3 is 2.81 bits per heavy atom. The third-order valence-corrected chi connectivity index (χ3v) is 2.76. The molecule has 0 aromatic heterocycles. The summed E-state index contributed by atoms with van der Waals surface area (Å²) in [6.07, 6.45) is 0.0188. The molecule has 1 aromatic rings. The van der Waals surface area contributed by atoms with Crippen LogP contribution < -0.4 is 10.1 Å². The van der Waals surface area contributed by atoms with Gasteiger partial charge in [0.25, 0.3) is 5.91 Å². The molecule has 0 saturated heterocycles. The summed E-state index contributed by atoms with van der Waals surface area (Å²) in [5.74, 6) is -0.640. The van der Waals surface area contributed by atoms with Crippen LogP contribution in [0.4, 0.5) is 0 Å². The molecule has 0 fully saturated rings. The largest absolute Gasteiger partial charge is 0.481 e. The van der Waals surface area contributed by atoms with Gasteiger partial charge in [0.05, 0.1) is 6.42 Å². The fourth-order valence-electron chi connectivity index (χ4n) is 1.73. The zero-order valence-corrected chi connectivity index (χ0v) is 12.3. The van der Waals surface area contributed by atoms with Gasteiger partial charge in [-0.1, -0.05) is 12.1 Å². The number of rotatable bonds is 9. The predicted molar refractivity (Wildman–Crippen MR) is 77.4 cm³/mol. The molecule has 1 atom stereocenters. The molecule has 1 amide bonds. The summed E-state index contributed by atoms with van der Waals surface area (Å²) < 4.78 is 10.4. The van der Waals surface area contributed by atoms with Crippen LogP contribution in [0.1, 0.15) is 18.9 Å². The molecule has 1 unspecified atom stereocenters. The average molecular weight is 295 g/mol. The third-order valence-electron chi connectivity index (χ3n) is 2.76. The molecule has 1 rings (SSSR count). The lowest BCUT2D eigenvalue weighted by atomic mass is 10.1. The summed E-state index contributed by atoms with van der Waals surface area (Å²) in [5, 5.41) is 11.5. The molecule has 0 aliphatic rings. The molecule has 116 valence electrons. The topological polar surface area (TPSA) is 84.9 Å². The van der Waals surface area contributed by atoms with E-state index in [0.717, 1.165) is 6.42 Å². The average Bonchev–Trinajstić information content (AvgIpc) is 2.43. The Kier molecular flexibility index (Phi) is 7.25. The van der Waals surface area contributed by atoms with Crippen LogP contribution in [-0.4, -0.2) is 43.3 Å². The van der Waals surface area contributed by atoms with E-state index in [1.807, 2.05) is 0 Å². The molecule has 2 N–H and O–H groups in total. The lowest BCUT2D eigenvalue weighted by Crippen LogP contribution is -2.37. The number of amides is 1. The van der Waals surface area contributed by atoms with Gasteiger partial charge in [-0.05, 0) is 31.0 Å². The van der Waals surface area contributed by atoms with E-state index in [9.17, 15) is 9.59 Å². The van der Waals surface area contributed by atoms with Gasteiger partial charge < -0.3 is 19.9 Å². The van der Waals surface area contributed by atoms with Gasteiger partial charge in [-0.3, -0.25) is 9.59 Å². The van der Waals surface area contributed by atoms with Crippen molar-refractivity contribution in [2.75, 3.05) is 20.3 Å². The van der Waals surface area contributed by atoms with Crippen molar-refractivity contribution in [3.05, 3.63) is 29.8 Å². The van der Waals surface area contributed by atoms with Crippen molar-refractivity contribution in [1.29, 1.82) is 0 Å². The molecule has 0 saturated carbocycles. The second kappa shape index (κ2) is 8.97. The van der Waals surface area contributed by atoms with Gasteiger partial charge in [0.15, 0.2) is 6.10 Å². The van der Waals surface area contributed by atoms with Crippen LogP contribution in [0.15, 0.2) is 24.3 Å². The van der Waals surface area contributed by atoms with Crippen molar-refractivity contribution in [3.63, 3.8) is 0 Å². The van der Waals surface area contributed by atoms with Gasteiger partial charge in [-0.2, -0.15) is 0 Å². The lowest BCUT2D eigenvalue weighted by Gasteiger charge is -2.15. The fourth-order valence-corrected chi connectivity index (χ4v) is 1.73. The third kappa shape index (κ3) is 6.76. The van der Waals surface area contributed by atoms with Crippen molar-refractivity contribution in [1.82, 2.24) is 5.32 Å². The van der Waals surface area contributed by atoms with Crippen LogP contribution in [0.5, 0.6) is 5.75 Å². The van der Waals surface area contributed by atoms with Crippen LogP contribution in [0.2, 0.25) is 0 Å². The molecule has 0 radical (unpaired) electrons. The van der Waals surface area contributed by atoms with Crippen LogP contribution in [0.3, 0.4) is 0 Å². The highest BCUT2D eigenvalue weighted by Crippen LogP contribution is 2.15. The number of ether oxygens (including phenoxy) is 2. The summed E-state index contributed by atoms with van der Waals surface area (Å²) in [4.78, 5) is 22.5. The van der Waals surface area contributed by atoms with Crippen LogP contribution in [0, 0.1) is 0 Å². The summed E-state index contributed by atoms with van der Waals surface area (Å²) >= 11 is 0. The normalized spacial score (nSPS) is 11.7. The van der Waals surface area contributed by atoms with E-state index in [4.69, 9.17) is 14.6 Å². The number of hydrogen-bond acceptors (Lipinski definition) is 4. The number of methoxy groups -OCH3 is 1. The standard InChI is InChI=1S/C15H21NO5/c1-11(15(19)16-7-4-8-20-2)21-13-6-3-5-12(9-13)10-14(17)18/h3,5-6,9,11H,4,7-8,10H2,1-2H3,(H,16,19)(H,17,18). The van der Waals surface area contributed by atoms with E-state index in [-0.39, 0.29) is 12.3 Å². The Morgan fingerprint density at radius 2 is 2.14 bits per heavy atom. The predicted octanol–water partition coefficient (Wildman–Crippen LogP) is 1.23. The van der Waals surface area contributed by atoms with Gasteiger partial charge >= 0.3 is 5.97 Å². The molecule has 0 spiro atoms. The van der Waals surface area contributed by atoms with Crippen molar-refractivity contribution >= 4 is 11.9 Å². The van der Waals surface area contributed by atoms with Crippen molar-refractivity contribution < 1.29 is 24.2 Å². The highest BCUT2D eigenvalue weighted by Gasteiger charge is 2.14. The SMILES string of the molecule is COCCCNC(=O)C(C)Oc1cccc(CC(=O)O)c1. The van der Waals surface area contributed by atoms with Crippen LogP contribution >= 0.6 is 0 Å². The first-order chi connectivity index (χ1) is 10.0. The minimum Gasteiger partial charge on any atom is -0.481 e. The Morgan fingerprint density at radius 1 is 1.38 bits per heavy atom. The second-order valence-electron chi connectivity index (χ2n) is 4.62. The Balaban J connectivity index is 2.48. The van der Waals surface area contributed by atoms with E-state index >= 15 is 0 Å². The number of carbonyl (C=O) groups excluding carboxylic acids is 1. The zero-order valence-electron chi connectivity index (χ0n) is 12.3. The van der Waals surface area contributed by atoms with Crippen LogP contribution in [0.25, 0.3) is 0 Å². The number of nitrogens with one attached hydrogen (secondary N) is 1. The highest BCUT2D eigenvalue weighted by molar-refractivity contribution is 5.80. The molecule has 1 aromatic carbocycles. The molecule has 6 nitrogen and oxygen atoms in total. The number of hydrogen-bond donors (Lipinski definition) is 2. The first kappa shape index (κ1) is 17.0. The molecule has 0 heterocycles. The molecular weight excluding hydrogens is 274 g/mol. The van der Waals surface area contributed by atoms with E-state index in [1.165, 1.54) is 0 Å². The van der Waals surface area contributed by atoms with Gasteiger partial charge in [0, 0.05) is 20.3 Å². The number of carboxylic acid groups (broad SMARTS) is 1. The number of carboxylic acids is 1. The summed E-state index contributed by atoms with van der Waals surface area (Å²) in [6.45, 7) is 2.77. The number of aliphatic carboxylic acids is 1. The first-order valence-electron chi connectivity index (χ1n) is 6.77. The van der Waals surface area contributed by atoms with Gasteiger partial charge in [0.1, 0.15) is 5.75 Å². The Labute approximate surface area is 124 Å². The molecule has 0 aliphatic carbocycles. The van der Waals surface area contributed by atoms with Crippen molar-refractivity contribution in [2.45, 2.75) is 25.9 Å². The highest BCUT2D eigenvalue weighted by atomic mass is 16.5. The monoisotopic (exact) mass is 295 g/mol. The van der Waals surface area contributed by atoms with Crippen LogP contribution in [-0.2, 0) is 20.7 Å². The maximum Gasteiger partial charge on any atom is 0.307 e. The first-order valence-corrected chi connectivity index (χ1v) is 6.77. The Bertz CT molecular complexity index is 475. The summed E-state index contributed by atoms with van der Waals surface area (Å²) in [6, 6.07) is 6.73. The molecule has 6 heteroatoms. The number of carbonyl (C=O) groups is 2. The smallest absolute Gasteiger partial charge is 0.307 e. The molecule has 21 heavy (non-hydrogen) atoms. The fraction of sp³-hybridized carbons (Fsp3) is 0.467. The minimum atomic E-state index is -0.906. The lowest BCUT2D eigenvalue weighted by molar-refractivity contribution is -0.136. The maximum absolute atomic E-state index is 11.8. The summed E-state index contributed by atoms with van der Waals surface area (Å²) in [5.41, 5.74) is 0.632.